The number of para-hydroxylation sites is 1. The number of furan rings is 1. The van der Waals surface area contributed by atoms with E-state index >= 15 is 0 Å². The molecule has 4 nitrogen and oxygen atoms in total. The van der Waals surface area contributed by atoms with Crippen molar-refractivity contribution in [3.63, 3.8) is 0 Å². The lowest BCUT2D eigenvalue weighted by atomic mass is 10.2. The van der Waals surface area contributed by atoms with Crippen LogP contribution in [0, 0.1) is 0 Å². The third-order valence-electron chi connectivity index (χ3n) is 2.70. The summed E-state index contributed by atoms with van der Waals surface area (Å²) in [6.45, 7) is 0. The van der Waals surface area contributed by atoms with Gasteiger partial charge in [-0.25, -0.2) is 4.68 Å². The van der Waals surface area contributed by atoms with Gasteiger partial charge in [0.15, 0.2) is 16.7 Å². The molecule has 5 heteroatoms. The van der Waals surface area contributed by atoms with E-state index in [9.17, 15) is 4.79 Å². The number of rotatable bonds is 3. The van der Waals surface area contributed by atoms with Gasteiger partial charge in [-0.1, -0.05) is 18.2 Å². The van der Waals surface area contributed by atoms with Crippen LogP contribution in [0.3, 0.4) is 0 Å². The molecule has 0 radical (unpaired) electrons. The Balaban J connectivity index is 2.11. The van der Waals surface area contributed by atoms with Gasteiger partial charge >= 0.3 is 0 Å². The molecule has 19 heavy (non-hydrogen) atoms. The molecule has 0 aliphatic carbocycles. The minimum absolute atomic E-state index is 0.491. The Bertz CT molecular complexity index is 716. The van der Waals surface area contributed by atoms with Crippen LogP contribution in [0.15, 0.2) is 57.7 Å². The normalized spacial score (nSPS) is 10.6. The Hall–Kier alpha value is -2.14. The molecule has 2 aromatic heterocycles. The van der Waals surface area contributed by atoms with Gasteiger partial charge in [-0.3, -0.25) is 4.79 Å². The lowest BCUT2D eigenvalue weighted by Crippen LogP contribution is -1.93. The van der Waals surface area contributed by atoms with Crippen LogP contribution in [0.2, 0.25) is 0 Å². The van der Waals surface area contributed by atoms with Gasteiger partial charge in [0.2, 0.25) is 0 Å². The largest absolute Gasteiger partial charge is 0.448 e. The van der Waals surface area contributed by atoms with Crippen LogP contribution in [0.25, 0.3) is 17.1 Å². The van der Waals surface area contributed by atoms with Crippen molar-refractivity contribution in [2.45, 2.75) is 0 Å². The Labute approximate surface area is 117 Å². The monoisotopic (exact) mass is 316 g/mol. The first-order valence-corrected chi connectivity index (χ1v) is 6.43. The topological polar surface area (TPSA) is 48.0 Å². The van der Waals surface area contributed by atoms with E-state index in [0.717, 1.165) is 12.0 Å². The van der Waals surface area contributed by atoms with Gasteiger partial charge < -0.3 is 4.42 Å². The summed E-state index contributed by atoms with van der Waals surface area (Å²) >= 11 is 3.24. The summed E-state index contributed by atoms with van der Waals surface area (Å²) in [6.07, 6.45) is 2.46. The first kappa shape index (κ1) is 11.9. The molecule has 0 saturated heterocycles. The van der Waals surface area contributed by atoms with Gasteiger partial charge in [0.1, 0.15) is 5.69 Å². The smallest absolute Gasteiger partial charge is 0.169 e. The van der Waals surface area contributed by atoms with E-state index in [4.69, 9.17) is 4.42 Å². The summed E-state index contributed by atoms with van der Waals surface area (Å²) in [7, 11) is 0. The first-order valence-electron chi connectivity index (χ1n) is 5.64. The maximum Gasteiger partial charge on any atom is 0.169 e. The summed E-state index contributed by atoms with van der Waals surface area (Å²) in [5.74, 6) is 0.559. The van der Waals surface area contributed by atoms with Crippen molar-refractivity contribution >= 4 is 22.2 Å². The molecular formula is C14H9BrN2O2. The van der Waals surface area contributed by atoms with Crippen molar-refractivity contribution in [3.8, 4) is 17.1 Å². The molecule has 1 aromatic carbocycles. The van der Waals surface area contributed by atoms with Crippen molar-refractivity contribution in [2.75, 3.05) is 0 Å². The maximum atomic E-state index is 11.1. The second-order valence-electron chi connectivity index (χ2n) is 3.93. The standard InChI is InChI=1S/C14H9BrN2O2/c15-13-7-6-12(19-13)14-10(9-18)8-17(16-14)11-4-2-1-3-5-11/h1-9H. The maximum absolute atomic E-state index is 11.1. The van der Waals surface area contributed by atoms with E-state index in [1.807, 2.05) is 30.3 Å². The van der Waals surface area contributed by atoms with E-state index in [1.54, 1.807) is 23.0 Å². The van der Waals surface area contributed by atoms with Crippen LogP contribution >= 0.6 is 15.9 Å². The molecule has 0 aliphatic heterocycles. The predicted molar refractivity (Wildman–Crippen MR) is 74.4 cm³/mol. The molecule has 94 valence electrons. The SMILES string of the molecule is O=Cc1cn(-c2ccccc2)nc1-c1ccc(Br)o1. The first-order chi connectivity index (χ1) is 9.28. The van der Waals surface area contributed by atoms with E-state index in [2.05, 4.69) is 21.0 Å². The Morgan fingerprint density at radius 1 is 1.16 bits per heavy atom. The molecule has 0 fully saturated rings. The lowest BCUT2D eigenvalue weighted by molar-refractivity contribution is 0.112. The number of aromatic nitrogens is 2. The summed E-state index contributed by atoms with van der Waals surface area (Å²) < 4.78 is 7.71. The van der Waals surface area contributed by atoms with Gasteiger partial charge in [-0.15, -0.1) is 0 Å². The van der Waals surface area contributed by atoms with Crippen molar-refractivity contribution in [1.82, 2.24) is 9.78 Å². The van der Waals surface area contributed by atoms with Crippen LogP contribution in [0.1, 0.15) is 10.4 Å². The van der Waals surface area contributed by atoms with Gasteiger partial charge in [0.05, 0.1) is 11.3 Å². The second-order valence-corrected chi connectivity index (χ2v) is 4.72. The van der Waals surface area contributed by atoms with Crippen LogP contribution in [-0.4, -0.2) is 16.1 Å². The fraction of sp³-hybridized carbons (Fsp3) is 0. The minimum atomic E-state index is 0.491. The highest BCUT2D eigenvalue weighted by atomic mass is 79.9. The number of carbonyl (C=O) groups is 1. The van der Waals surface area contributed by atoms with Crippen LogP contribution < -0.4 is 0 Å². The summed E-state index contributed by atoms with van der Waals surface area (Å²) in [6, 6.07) is 13.1. The van der Waals surface area contributed by atoms with E-state index in [0.29, 0.717) is 21.7 Å². The molecule has 2 heterocycles. The van der Waals surface area contributed by atoms with E-state index in [-0.39, 0.29) is 0 Å². The highest BCUT2D eigenvalue weighted by molar-refractivity contribution is 9.10. The number of benzene rings is 1. The number of halogens is 1. The van der Waals surface area contributed by atoms with Gasteiger partial charge in [0.25, 0.3) is 0 Å². The van der Waals surface area contributed by atoms with Crippen molar-refractivity contribution in [2.24, 2.45) is 0 Å². The molecule has 0 spiro atoms. The number of hydrogen-bond acceptors (Lipinski definition) is 3. The second kappa shape index (κ2) is 4.85. The Morgan fingerprint density at radius 3 is 2.58 bits per heavy atom. The van der Waals surface area contributed by atoms with Gasteiger partial charge in [-0.05, 0) is 40.2 Å². The van der Waals surface area contributed by atoms with Crippen molar-refractivity contribution in [3.05, 3.63) is 58.9 Å². The molecule has 0 atom stereocenters. The third kappa shape index (κ3) is 2.24. The van der Waals surface area contributed by atoms with Crippen LogP contribution in [0.4, 0.5) is 0 Å². The molecule has 0 bridgehead atoms. The Morgan fingerprint density at radius 2 is 1.95 bits per heavy atom. The fourth-order valence-electron chi connectivity index (χ4n) is 1.82. The average molecular weight is 317 g/mol. The summed E-state index contributed by atoms with van der Waals surface area (Å²) in [4.78, 5) is 11.1. The van der Waals surface area contributed by atoms with Crippen LogP contribution in [-0.2, 0) is 0 Å². The summed E-state index contributed by atoms with van der Waals surface area (Å²) in [5, 5.41) is 4.41. The number of aldehydes is 1. The number of carbonyl (C=O) groups excluding carboxylic acids is 1. The molecule has 0 amide bonds. The molecule has 0 saturated carbocycles. The quantitative estimate of drug-likeness (QED) is 0.692. The molecule has 0 unspecified atom stereocenters. The third-order valence-corrected chi connectivity index (χ3v) is 3.12. The van der Waals surface area contributed by atoms with E-state index in [1.165, 1.54) is 0 Å². The van der Waals surface area contributed by atoms with Crippen LogP contribution in [0.5, 0.6) is 0 Å². The molecule has 0 aliphatic rings. The van der Waals surface area contributed by atoms with E-state index < -0.39 is 0 Å². The zero-order valence-electron chi connectivity index (χ0n) is 9.79. The minimum Gasteiger partial charge on any atom is -0.448 e. The Kier molecular flexibility index (Phi) is 3.05. The molecule has 3 rings (SSSR count). The zero-order chi connectivity index (χ0) is 13.2. The number of hydrogen-bond donors (Lipinski definition) is 0. The lowest BCUT2D eigenvalue weighted by Gasteiger charge is -1.98. The highest BCUT2D eigenvalue weighted by Gasteiger charge is 2.14. The molecular weight excluding hydrogens is 308 g/mol. The number of nitrogens with zero attached hydrogens (tertiary/aromatic N) is 2. The van der Waals surface area contributed by atoms with Crippen molar-refractivity contribution in [1.29, 1.82) is 0 Å². The zero-order valence-corrected chi connectivity index (χ0v) is 11.4. The average Bonchev–Trinajstić information content (AvgIpc) is 3.05. The highest BCUT2D eigenvalue weighted by Crippen LogP contribution is 2.26. The molecule has 3 aromatic rings. The summed E-state index contributed by atoms with van der Waals surface area (Å²) in [5.41, 5.74) is 1.91. The predicted octanol–water partition coefficient (Wildman–Crippen LogP) is 3.71. The molecule has 0 N–H and O–H groups in total. The fourth-order valence-corrected chi connectivity index (χ4v) is 2.13. The van der Waals surface area contributed by atoms with Gasteiger partial charge in [-0.2, -0.15) is 5.10 Å². The van der Waals surface area contributed by atoms with Gasteiger partial charge in [0, 0.05) is 6.20 Å². The van der Waals surface area contributed by atoms with Crippen molar-refractivity contribution < 1.29 is 9.21 Å².